The van der Waals surface area contributed by atoms with Crippen LogP contribution in [0.25, 0.3) is 10.1 Å². The third-order valence-corrected chi connectivity index (χ3v) is 4.10. The number of benzene rings is 1. The first-order valence-electron chi connectivity index (χ1n) is 5.33. The number of methoxy groups -OCH3 is 1. The summed E-state index contributed by atoms with van der Waals surface area (Å²) in [5, 5.41) is 3.35. The molecule has 0 aliphatic carbocycles. The summed E-state index contributed by atoms with van der Waals surface area (Å²) in [5.74, 6) is 0. The molecule has 1 aromatic heterocycles. The number of nitrogens with two attached hydrogens (primary N) is 1. The molecular formula is C13H17NOS. The van der Waals surface area contributed by atoms with Crippen LogP contribution < -0.4 is 5.73 Å². The maximum atomic E-state index is 6.29. The molecule has 2 rings (SSSR count). The summed E-state index contributed by atoms with van der Waals surface area (Å²) in [6, 6.07) is 8.26. The Bertz CT molecular complexity index is 489. The van der Waals surface area contributed by atoms with Crippen LogP contribution in [0, 0.1) is 0 Å². The van der Waals surface area contributed by atoms with Gasteiger partial charge in [-0.2, -0.15) is 0 Å². The second-order valence-corrected chi connectivity index (χ2v) is 5.39. The lowest BCUT2D eigenvalue weighted by molar-refractivity contribution is 0.000365. The first-order chi connectivity index (χ1) is 7.56. The molecule has 1 heterocycles. The predicted octanol–water partition coefficient (Wildman–Crippen LogP) is 3.33. The van der Waals surface area contributed by atoms with Gasteiger partial charge in [-0.05, 0) is 36.2 Å². The molecule has 2 N–H and O–H groups in total. The monoisotopic (exact) mass is 235 g/mol. The number of hydrogen-bond donors (Lipinski definition) is 1. The average Bonchev–Trinajstić information content (AvgIpc) is 2.75. The van der Waals surface area contributed by atoms with Gasteiger partial charge in [-0.3, -0.25) is 0 Å². The molecule has 0 fully saturated rings. The highest BCUT2D eigenvalue weighted by molar-refractivity contribution is 7.17. The maximum Gasteiger partial charge on any atom is 0.0814 e. The Morgan fingerprint density at radius 1 is 1.31 bits per heavy atom. The Hall–Kier alpha value is -0.900. The van der Waals surface area contributed by atoms with Crippen molar-refractivity contribution in [2.45, 2.75) is 25.5 Å². The summed E-state index contributed by atoms with van der Waals surface area (Å²) in [6.07, 6.45) is 0. The molecule has 0 radical (unpaired) electrons. The van der Waals surface area contributed by atoms with Crippen molar-refractivity contribution in [3.63, 3.8) is 0 Å². The van der Waals surface area contributed by atoms with Gasteiger partial charge in [-0.15, -0.1) is 11.3 Å². The molecule has 3 heteroatoms. The molecule has 1 aromatic carbocycles. The SMILES string of the molecule is COC(C)(C)C(N)c1cccc2ccsc12. The average molecular weight is 235 g/mol. The summed E-state index contributed by atoms with van der Waals surface area (Å²) in [4.78, 5) is 0. The first-order valence-corrected chi connectivity index (χ1v) is 6.21. The Balaban J connectivity index is 2.51. The molecule has 0 spiro atoms. The largest absolute Gasteiger partial charge is 0.377 e. The minimum Gasteiger partial charge on any atom is -0.377 e. The smallest absolute Gasteiger partial charge is 0.0814 e. The summed E-state index contributed by atoms with van der Waals surface area (Å²) < 4.78 is 6.72. The zero-order chi connectivity index (χ0) is 11.8. The molecule has 0 aliphatic heterocycles. The molecule has 1 atom stereocenters. The van der Waals surface area contributed by atoms with Gasteiger partial charge in [0.25, 0.3) is 0 Å². The van der Waals surface area contributed by atoms with Crippen LogP contribution >= 0.6 is 11.3 Å². The van der Waals surface area contributed by atoms with E-state index in [1.807, 2.05) is 13.8 Å². The summed E-state index contributed by atoms with van der Waals surface area (Å²) >= 11 is 1.73. The van der Waals surface area contributed by atoms with Crippen LogP contribution in [0.5, 0.6) is 0 Å². The lowest BCUT2D eigenvalue weighted by Gasteiger charge is -2.30. The molecule has 0 saturated heterocycles. The summed E-state index contributed by atoms with van der Waals surface area (Å²) in [5.41, 5.74) is 7.11. The van der Waals surface area contributed by atoms with E-state index in [1.54, 1.807) is 18.4 Å². The Morgan fingerprint density at radius 2 is 2.06 bits per heavy atom. The van der Waals surface area contributed by atoms with Crippen LogP contribution in [0.1, 0.15) is 25.5 Å². The molecule has 0 amide bonds. The van der Waals surface area contributed by atoms with Crippen molar-refractivity contribution in [1.29, 1.82) is 0 Å². The van der Waals surface area contributed by atoms with Crippen molar-refractivity contribution in [2.24, 2.45) is 5.73 Å². The second-order valence-electron chi connectivity index (χ2n) is 4.47. The van der Waals surface area contributed by atoms with Crippen LogP contribution in [0.4, 0.5) is 0 Å². The van der Waals surface area contributed by atoms with Crippen LogP contribution in [0.15, 0.2) is 29.6 Å². The van der Waals surface area contributed by atoms with E-state index in [1.165, 1.54) is 15.6 Å². The fourth-order valence-electron chi connectivity index (χ4n) is 1.76. The van der Waals surface area contributed by atoms with E-state index >= 15 is 0 Å². The van der Waals surface area contributed by atoms with Gasteiger partial charge < -0.3 is 10.5 Å². The van der Waals surface area contributed by atoms with E-state index in [4.69, 9.17) is 10.5 Å². The summed E-state index contributed by atoms with van der Waals surface area (Å²) in [7, 11) is 1.70. The Labute approximate surface area is 100 Å². The molecule has 0 bridgehead atoms. The third-order valence-electron chi connectivity index (χ3n) is 3.12. The van der Waals surface area contributed by atoms with Crippen molar-refractivity contribution in [3.05, 3.63) is 35.2 Å². The van der Waals surface area contributed by atoms with Crippen LogP contribution in [-0.4, -0.2) is 12.7 Å². The molecule has 1 unspecified atom stereocenters. The van der Waals surface area contributed by atoms with Gasteiger partial charge in [0.1, 0.15) is 0 Å². The standard InChI is InChI=1S/C13H17NOS/c1-13(2,15-3)12(14)10-6-4-5-9-7-8-16-11(9)10/h4-8,12H,14H2,1-3H3. The zero-order valence-electron chi connectivity index (χ0n) is 9.86. The van der Waals surface area contributed by atoms with Gasteiger partial charge in [-0.1, -0.05) is 18.2 Å². The van der Waals surface area contributed by atoms with Crippen molar-refractivity contribution in [1.82, 2.24) is 0 Å². The maximum absolute atomic E-state index is 6.29. The van der Waals surface area contributed by atoms with Gasteiger partial charge in [0.2, 0.25) is 0 Å². The second kappa shape index (κ2) is 4.17. The van der Waals surface area contributed by atoms with Gasteiger partial charge in [0.05, 0.1) is 11.6 Å². The Morgan fingerprint density at radius 3 is 2.75 bits per heavy atom. The van der Waals surface area contributed by atoms with Crippen molar-refractivity contribution < 1.29 is 4.74 Å². The molecular weight excluding hydrogens is 218 g/mol. The molecule has 2 nitrogen and oxygen atoms in total. The van der Waals surface area contributed by atoms with Crippen molar-refractivity contribution in [2.75, 3.05) is 7.11 Å². The fourth-order valence-corrected chi connectivity index (χ4v) is 2.72. The highest BCUT2D eigenvalue weighted by Gasteiger charge is 2.28. The van der Waals surface area contributed by atoms with Crippen LogP contribution in [-0.2, 0) is 4.74 Å². The number of ether oxygens (including phenoxy) is 1. The number of thiophene rings is 1. The van der Waals surface area contributed by atoms with E-state index in [2.05, 4.69) is 29.6 Å². The van der Waals surface area contributed by atoms with Crippen molar-refractivity contribution >= 4 is 21.4 Å². The zero-order valence-corrected chi connectivity index (χ0v) is 10.7. The van der Waals surface area contributed by atoms with E-state index in [-0.39, 0.29) is 11.6 Å². The quantitative estimate of drug-likeness (QED) is 0.885. The Kier molecular flexibility index (Phi) is 3.02. The van der Waals surface area contributed by atoms with Gasteiger partial charge in [0, 0.05) is 11.8 Å². The lowest BCUT2D eigenvalue weighted by Crippen LogP contribution is -2.37. The third kappa shape index (κ3) is 1.86. The van der Waals surface area contributed by atoms with Gasteiger partial charge >= 0.3 is 0 Å². The highest BCUT2D eigenvalue weighted by Crippen LogP contribution is 2.33. The summed E-state index contributed by atoms with van der Waals surface area (Å²) in [6.45, 7) is 4.04. The first kappa shape index (κ1) is 11.6. The number of rotatable bonds is 3. The van der Waals surface area contributed by atoms with Crippen LogP contribution in [0.3, 0.4) is 0 Å². The minimum atomic E-state index is -0.349. The molecule has 16 heavy (non-hydrogen) atoms. The van der Waals surface area contributed by atoms with Gasteiger partial charge in [-0.25, -0.2) is 0 Å². The molecule has 86 valence electrons. The van der Waals surface area contributed by atoms with E-state index in [9.17, 15) is 0 Å². The van der Waals surface area contributed by atoms with E-state index in [0.29, 0.717) is 0 Å². The molecule has 0 saturated carbocycles. The minimum absolute atomic E-state index is 0.111. The van der Waals surface area contributed by atoms with E-state index < -0.39 is 0 Å². The predicted molar refractivity (Wildman–Crippen MR) is 69.8 cm³/mol. The van der Waals surface area contributed by atoms with Gasteiger partial charge in [0.15, 0.2) is 0 Å². The topological polar surface area (TPSA) is 35.2 Å². The molecule has 0 aliphatic rings. The number of fused-ring (bicyclic) bond motifs is 1. The van der Waals surface area contributed by atoms with Crippen molar-refractivity contribution in [3.8, 4) is 0 Å². The van der Waals surface area contributed by atoms with Crippen LogP contribution in [0.2, 0.25) is 0 Å². The lowest BCUT2D eigenvalue weighted by atomic mass is 9.92. The fraction of sp³-hybridized carbons (Fsp3) is 0.385. The highest BCUT2D eigenvalue weighted by atomic mass is 32.1. The number of hydrogen-bond acceptors (Lipinski definition) is 3. The van der Waals surface area contributed by atoms with E-state index in [0.717, 1.165) is 0 Å². The molecule has 2 aromatic rings. The normalized spacial score (nSPS) is 14.2.